The van der Waals surface area contributed by atoms with E-state index < -0.39 is 10.0 Å². The van der Waals surface area contributed by atoms with E-state index in [2.05, 4.69) is 17.3 Å². The van der Waals surface area contributed by atoms with Gasteiger partial charge in [-0.1, -0.05) is 6.07 Å². The summed E-state index contributed by atoms with van der Waals surface area (Å²) in [5.41, 5.74) is 0.848. The van der Waals surface area contributed by atoms with E-state index in [0.717, 1.165) is 32.4 Å². The van der Waals surface area contributed by atoms with Crippen LogP contribution in [0.2, 0.25) is 0 Å². The van der Waals surface area contributed by atoms with Gasteiger partial charge >= 0.3 is 0 Å². The molecule has 1 heterocycles. The van der Waals surface area contributed by atoms with Gasteiger partial charge in [-0.3, -0.25) is 9.10 Å². The highest BCUT2D eigenvalue weighted by molar-refractivity contribution is 7.92. The van der Waals surface area contributed by atoms with Crippen molar-refractivity contribution < 1.29 is 17.9 Å². The fraction of sp³-hybridized carbons (Fsp3) is 0.435. The second-order valence-corrected chi connectivity index (χ2v) is 9.96. The molecule has 8 heteroatoms. The van der Waals surface area contributed by atoms with Gasteiger partial charge < -0.3 is 15.0 Å². The predicted molar refractivity (Wildman–Crippen MR) is 122 cm³/mol. The summed E-state index contributed by atoms with van der Waals surface area (Å²) >= 11 is 0. The number of sulfonamides is 1. The normalized spacial score (nSPS) is 15.5. The molecule has 1 aliphatic rings. The summed E-state index contributed by atoms with van der Waals surface area (Å²) in [6.45, 7) is 2.79. The van der Waals surface area contributed by atoms with E-state index in [4.69, 9.17) is 4.74 Å². The van der Waals surface area contributed by atoms with E-state index in [9.17, 15) is 13.2 Å². The molecular weight excluding hydrogens is 414 g/mol. The van der Waals surface area contributed by atoms with Crippen LogP contribution in [0.3, 0.4) is 0 Å². The van der Waals surface area contributed by atoms with Crippen molar-refractivity contribution in [2.45, 2.75) is 24.2 Å². The standard InChI is InChI=1S/C23H31N3O4S/c1-25-15-12-18(13-16-25)11-14-24-23(27)19-5-4-6-22(17-19)31(28,29)26(2)20-7-9-21(30-3)10-8-20/h4-10,17-18H,11-16H2,1-3H3,(H,24,27). The molecule has 1 aliphatic heterocycles. The molecule has 0 saturated carbocycles. The van der Waals surface area contributed by atoms with Crippen LogP contribution in [0.1, 0.15) is 29.6 Å². The van der Waals surface area contributed by atoms with Gasteiger partial charge in [-0.15, -0.1) is 0 Å². The van der Waals surface area contributed by atoms with Crippen molar-refractivity contribution in [1.29, 1.82) is 0 Å². The fourth-order valence-electron chi connectivity index (χ4n) is 3.73. The zero-order valence-corrected chi connectivity index (χ0v) is 19.2. The number of carbonyl (C=O) groups is 1. The second kappa shape index (κ2) is 10.2. The molecule has 0 radical (unpaired) electrons. The average molecular weight is 446 g/mol. The van der Waals surface area contributed by atoms with Crippen LogP contribution in [-0.2, 0) is 10.0 Å². The Morgan fingerprint density at radius 1 is 1.16 bits per heavy atom. The summed E-state index contributed by atoms with van der Waals surface area (Å²) in [6, 6.07) is 12.9. The Morgan fingerprint density at radius 2 is 1.84 bits per heavy atom. The molecule has 31 heavy (non-hydrogen) atoms. The molecule has 0 aliphatic carbocycles. The van der Waals surface area contributed by atoms with Crippen molar-refractivity contribution in [3.8, 4) is 5.75 Å². The number of rotatable bonds is 8. The molecule has 1 fully saturated rings. The summed E-state index contributed by atoms with van der Waals surface area (Å²) in [5.74, 6) is 1.02. The number of likely N-dealkylation sites (tertiary alicyclic amines) is 1. The molecular formula is C23H31N3O4S. The van der Waals surface area contributed by atoms with Crippen molar-refractivity contribution >= 4 is 21.6 Å². The third-order valence-corrected chi connectivity index (χ3v) is 7.65. The van der Waals surface area contributed by atoms with Crippen LogP contribution >= 0.6 is 0 Å². The number of amides is 1. The largest absolute Gasteiger partial charge is 0.497 e. The Labute approximate surface area is 185 Å². The lowest BCUT2D eigenvalue weighted by Crippen LogP contribution is -2.32. The van der Waals surface area contributed by atoms with Crippen LogP contribution in [0.15, 0.2) is 53.4 Å². The molecule has 1 saturated heterocycles. The van der Waals surface area contributed by atoms with Crippen molar-refractivity contribution in [3.05, 3.63) is 54.1 Å². The first-order chi connectivity index (χ1) is 14.8. The number of nitrogens with zero attached hydrogens (tertiary/aromatic N) is 2. The zero-order chi connectivity index (χ0) is 22.4. The Balaban J connectivity index is 1.64. The number of ether oxygens (including phenoxy) is 1. The first kappa shape index (κ1) is 23.1. The summed E-state index contributed by atoms with van der Waals surface area (Å²) in [5, 5.41) is 2.93. The van der Waals surface area contributed by atoms with E-state index in [-0.39, 0.29) is 10.8 Å². The molecule has 2 aromatic rings. The zero-order valence-electron chi connectivity index (χ0n) is 18.4. The summed E-state index contributed by atoms with van der Waals surface area (Å²) < 4.78 is 32.5. The lowest BCUT2D eigenvalue weighted by Gasteiger charge is -2.28. The number of nitrogens with one attached hydrogen (secondary N) is 1. The molecule has 3 rings (SSSR count). The minimum atomic E-state index is -3.80. The van der Waals surface area contributed by atoms with Crippen LogP contribution in [0, 0.1) is 5.92 Å². The fourth-order valence-corrected chi connectivity index (χ4v) is 4.97. The van der Waals surface area contributed by atoms with Gasteiger partial charge in [-0.2, -0.15) is 0 Å². The predicted octanol–water partition coefficient (Wildman–Crippen LogP) is 2.98. The van der Waals surface area contributed by atoms with E-state index >= 15 is 0 Å². The first-order valence-electron chi connectivity index (χ1n) is 10.5. The van der Waals surface area contributed by atoms with Crippen molar-refractivity contribution in [3.63, 3.8) is 0 Å². The molecule has 0 spiro atoms. The van der Waals surface area contributed by atoms with Crippen molar-refractivity contribution in [1.82, 2.24) is 10.2 Å². The van der Waals surface area contributed by atoms with Crippen LogP contribution < -0.4 is 14.4 Å². The quantitative estimate of drug-likeness (QED) is 0.676. The summed E-state index contributed by atoms with van der Waals surface area (Å²) in [6.07, 6.45) is 3.24. The SMILES string of the molecule is COc1ccc(N(C)S(=O)(=O)c2cccc(C(=O)NCCC3CCN(C)CC3)c2)cc1. The van der Waals surface area contributed by atoms with E-state index in [0.29, 0.717) is 29.5 Å². The molecule has 1 amide bonds. The molecule has 0 bridgehead atoms. The highest BCUT2D eigenvalue weighted by atomic mass is 32.2. The maximum Gasteiger partial charge on any atom is 0.264 e. The molecule has 1 N–H and O–H groups in total. The molecule has 2 aromatic carbocycles. The molecule has 0 aromatic heterocycles. The topological polar surface area (TPSA) is 78.9 Å². The maximum atomic E-state index is 13.1. The van der Waals surface area contributed by atoms with Crippen LogP contribution in [0.4, 0.5) is 5.69 Å². The lowest BCUT2D eigenvalue weighted by atomic mass is 9.94. The molecule has 7 nitrogen and oxygen atoms in total. The number of piperidine rings is 1. The number of anilines is 1. The minimum Gasteiger partial charge on any atom is -0.497 e. The van der Waals surface area contributed by atoms with Crippen LogP contribution in [0.25, 0.3) is 0 Å². The van der Waals surface area contributed by atoms with Gasteiger partial charge in [0.15, 0.2) is 0 Å². The molecule has 168 valence electrons. The number of hydrogen-bond acceptors (Lipinski definition) is 5. The lowest BCUT2D eigenvalue weighted by molar-refractivity contribution is 0.0948. The number of methoxy groups -OCH3 is 1. The third-order valence-electron chi connectivity index (χ3n) is 5.87. The highest BCUT2D eigenvalue weighted by Crippen LogP contribution is 2.25. The number of hydrogen-bond donors (Lipinski definition) is 1. The van der Waals surface area contributed by atoms with Gasteiger partial charge in [-0.25, -0.2) is 8.42 Å². The van der Waals surface area contributed by atoms with Crippen molar-refractivity contribution in [2.24, 2.45) is 5.92 Å². The first-order valence-corrected chi connectivity index (χ1v) is 11.9. The maximum absolute atomic E-state index is 13.1. The molecule has 0 atom stereocenters. The Bertz CT molecular complexity index is 984. The smallest absolute Gasteiger partial charge is 0.264 e. The van der Waals surface area contributed by atoms with E-state index in [1.165, 1.54) is 23.5 Å². The van der Waals surface area contributed by atoms with Gasteiger partial charge in [0, 0.05) is 19.2 Å². The molecule has 0 unspecified atom stereocenters. The Morgan fingerprint density at radius 3 is 2.48 bits per heavy atom. The minimum absolute atomic E-state index is 0.0776. The second-order valence-electron chi connectivity index (χ2n) is 7.99. The highest BCUT2D eigenvalue weighted by Gasteiger charge is 2.23. The van der Waals surface area contributed by atoms with Crippen molar-refractivity contribution in [2.75, 3.05) is 45.1 Å². The van der Waals surface area contributed by atoms with Crippen LogP contribution in [0.5, 0.6) is 5.75 Å². The number of benzene rings is 2. The van der Waals surface area contributed by atoms with Gasteiger partial charge in [0.2, 0.25) is 0 Å². The van der Waals surface area contributed by atoms with Gasteiger partial charge in [0.05, 0.1) is 17.7 Å². The summed E-state index contributed by atoms with van der Waals surface area (Å²) in [7, 11) is 1.37. The van der Waals surface area contributed by atoms with E-state index in [1.807, 2.05) is 0 Å². The van der Waals surface area contributed by atoms with Gasteiger partial charge in [0.25, 0.3) is 15.9 Å². The monoisotopic (exact) mass is 445 g/mol. The van der Waals surface area contributed by atoms with Crippen LogP contribution in [-0.4, -0.2) is 60.1 Å². The van der Waals surface area contributed by atoms with Gasteiger partial charge in [0.1, 0.15) is 5.75 Å². The summed E-state index contributed by atoms with van der Waals surface area (Å²) in [4.78, 5) is 15.0. The third kappa shape index (κ3) is 5.77. The number of carbonyl (C=O) groups excluding carboxylic acids is 1. The average Bonchev–Trinajstić information content (AvgIpc) is 2.80. The Kier molecular flexibility index (Phi) is 7.56. The Hall–Kier alpha value is -2.58. The van der Waals surface area contributed by atoms with Gasteiger partial charge in [-0.05, 0) is 87.8 Å². The van der Waals surface area contributed by atoms with E-state index in [1.54, 1.807) is 43.5 Å².